The normalized spacial score (nSPS) is 15.5. The van der Waals surface area contributed by atoms with Crippen molar-refractivity contribution in [3.05, 3.63) is 58.3 Å². The molecule has 4 rings (SSSR count). The fourth-order valence-electron chi connectivity index (χ4n) is 3.08. The Hall–Kier alpha value is -1.89. The Bertz CT molecular complexity index is 1020. The van der Waals surface area contributed by atoms with Gasteiger partial charge in [0.15, 0.2) is 0 Å². The van der Waals surface area contributed by atoms with Gasteiger partial charge < -0.3 is 4.90 Å². The fourth-order valence-corrected chi connectivity index (χ4v) is 4.43. The number of amides is 1. The molecule has 0 bridgehead atoms. The predicted octanol–water partition coefficient (Wildman–Crippen LogP) is 3.54. The van der Waals surface area contributed by atoms with Crippen molar-refractivity contribution in [2.24, 2.45) is 0 Å². The minimum Gasteiger partial charge on any atom is -0.336 e. The molecule has 1 aliphatic rings. The van der Waals surface area contributed by atoms with Gasteiger partial charge in [-0.05, 0) is 36.4 Å². The highest BCUT2D eigenvalue weighted by Gasteiger charge is 2.25. The largest absolute Gasteiger partial charge is 0.336 e. The van der Waals surface area contributed by atoms with Crippen LogP contribution in [0.3, 0.4) is 0 Å². The number of hydrogen-bond donors (Lipinski definition) is 0. The molecule has 0 saturated carbocycles. The molecule has 26 heavy (non-hydrogen) atoms. The van der Waals surface area contributed by atoms with E-state index >= 15 is 0 Å². The number of nitrogens with zero attached hydrogens (tertiary/aromatic N) is 3. The number of rotatable bonds is 2. The van der Waals surface area contributed by atoms with Crippen LogP contribution in [-0.2, 0) is 10.8 Å². The number of pyridine rings is 1. The van der Waals surface area contributed by atoms with E-state index in [1.165, 1.54) is 0 Å². The van der Waals surface area contributed by atoms with Crippen molar-refractivity contribution in [2.45, 2.75) is 0 Å². The molecule has 0 spiro atoms. The smallest absolute Gasteiger partial charge is 0.270 e. The summed E-state index contributed by atoms with van der Waals surface area (Å²) in [7, 11) is -0.841. The molecule has 1 saturated heterocycles. The Morgan fingerprint density at radius 3 is 2.58 bits per heavy atom. The first kappa shape index (κ1) is 17.5. The third-order valence-corrected chi connectivity index (χ3v) is 6.42. The Morgan fingerprint density at radius 2 is 1.85 bits per heavy atom. The van der Waals surface area contributed by atoms with E-state index < -0.39 is 10.8 Å². The lowest BCUT2D eigenvalue weighted by atomic mass is 10.3. The number of fused-ring (bicyclic) bond motifs is 1. The van der Waals surface area contributed by atoms with E-state index in [0.717, 1.165) is 11.1 Å². The van der Waals surface area contributed by atoms with Gasteiger partial charge >= 0.3 is 0 Å². The van der Waals surface area contributed by atoms with Gasteiger partial charge in [-0.15, -0.1) is 0 Å². The van der Waals surface area contributed by atoms with Crippen molar-refractivity contribution in [1.82, 2.24) is 14.5 Å². The first-order valence-corrected chi connectivity index (χ1v) is 10.3. The van der Waals surface area contributed by atoms with Crippen LogP contribution < -0.4 is 0 Å². The lowest BCUT2D eigenvalue weighted by Gasteiger charge is -2.26. The molecular formula is C18H15Cl2N3O2S. The second-order valence-corrected chi connectivity index (χ2v) is 8.53. The number of aromatic nitrogens is 2. The lowest BCUT2D eigenvalue weighted by molar-refractivity contribution is 0.0763. The molecule has 5 nitrogen and oxygen atoms in total. The zero-order valence-electron chi connectivity index (χ0n) is 13.7. The van der Waals surface area contributed by atoms with Crippen molar-refractivity contribution in [3.63, 3.8) is 0 Å². The Morgan fingerprint density at radius 1 is 1.08 bits per heavy atom. The third-order valence-electron chi connectivity index (χ3n) is 4.41. The molecular weight excluding hydrogens is 393 g/mol. The van der Waals surface area contributed by atoms with Crippen molar-refractivity contribution in [1.29, 1.82) is 0 Å². The second-order valence-electron chi connectivity index (χ2n) is 6.02. The highest BCUT2D eigenvalue weighted by Crippen LogP contribution is 2.29. The molecule has 0 radical (unpaired) electrons. The topological polar surface area (TPSA) is 55.2 Å². The van der Waals surface area contributed by atoms with Crippen LogP contribution in [0, 0.1) is 0 Å². The number of halogens is 2. The Balaban J connectivity index is 1.85. The maximum atomic E-state index is 13.1. The average Bonchev–Trinajstić information content (AvgIpc) is 3.03. The van der Waals surface area contributed by atoms with Crippen LogP contribution in [0.5, 0.6) is 0 Å². The third kappa shape index (κ3) is 3.13. The first-order chi connectivity index (χ1) is 12.5. The van der Waals surface area contributed by atoms with E-state index in [1.54, 1.807) is 27.8 Å². The van der Waals surface area contributed by atoms with E-state index in [9.17, 15) is 9.00 Å². The summed E-state index contributed by atoms with van der Waals surface area (Å²) in [5.41, 5.74) is 1.90. The number of hydrogen-bond acceptors (Lipinski definition) is 3. The molecule has 1 aromatic carbocycles. The van der Waals surface area contributed by atoms with E-state index in [4.69, 9.17) is 23.2 Å². The van der Waals surface area contributed by atoms with Crippen LogP contribution in [0.2, 0.25) is 10.0 Å². The van der Waals surface area contributed by atoms with Crippen LogP contribution in [0.4, 0.5) is 0 Å². The zero-order chi connectivity index (χ0) is 18.3. The number of carbonyl (C=O) groups is 1. The summed E-state index contributed by atoms with van der Waals surface area (Å²) in [5.74, 6) is 0.916. The molecule has 0 aliphatic carbocycles. The average molecular weight is 408 g/mol. The quantitative estimate of drug-likeness (QED) is 0.652. The van der Waals surface area contributed by atoms with Gasteiger partial charge in [0.25, 0.3) is 5.91 Å². The molecule has 3 aromatic rings. The van der Waals surface area contributed by atoms with E-state index in [1.807, 2.05) is 24.3 Å². The fraction of sp³-hybridized carbons (Fsp3) is 0.222. The van der Waals surface area contributed by atoms with Gasteiger partial charge in [0.05, 0.1) is 10.0 Å². The summed E-state index contributed by atoms with van der Waals surface area (Å²) in [5, 5.41) is 1.72. The maximum Gasteiger partial charge on any atom is 0.270 e. The summed E-state index contributed by atoms with van der Waals surface area (Å²) in [6, 6.07) is 10.8. The van der Waals surface area contributed by atoms with Gasteiger partial charge in [-0.3, -0.25) is 13.6 Å². The maximum absolute atomic E-state index is 13.1. The SMILES string of the molecule is O=C(c1cc2cccnc2n1-c1ccc(Cl)c(Cl)c1)N1CCS(=O)CC1. The summed E-state index contributed by atoms with van der Waals surface area (Å²) in [6.07, 6.45) is 1.69. The Labute approximate surface area is 163 Å². The van der Waals surface area contributed by atoms with Gasteiger partial charge in [0.2, 0.25) is 0 Å². The summed E-state index contributed by atoms with van der Waals surface area (Å²) in [4.78, 5) is 19.3. The van der Waals surface area contributed by atoms with Crippen LogP contribution in [-0.4, -0.2) is 49.2 Å². The molecule has 1 amide bonds. The van der Waals surface area contributed by atoms with Gasteiger partial charge in [-0.1, -0.05) is 23.2 Å². The molecule has 8 heteroatoms. The van der Waals surface area contributed by atoms with Gasteiger partial charge in [0, 0.05) is 52.7 Å². The van der Waals surface area contributed by atoms with Crippen molar-refractivity contribution >= 4 is 50.9 Å². The zero-order valence-corrected chi connectivity index (χ0v) is 16.0. The minimum atomic E-state index is -0.841. The van der Waals surface area contributed by atoms with Crippen LogP contribution in [0.1, 0.15) is 10.5 Å². The van der Waals surface area contributed by atoms with E-state index in [-0.39, 0.29) is 5.91 Å². The highest BCUT2D eigenvalue weighted by molar-refractivity contribution is 7.85. The van der Waals surface area contributed by atoms with Crippen molar-refractivity contribution in [3.8, 4) is 5.69 Å². The summed E-state index contributed by atoms with van der Waals surface area (Å²) < 4.78 is 13.4. The summed E-state index contributed by atoms with van der Waals surface area (Å²) in [6.45, 7) is 0.976. The molecule has 2 aromatic heterocycles. The molecule has 0 N–H and O–H groups in total. The van der Waals surface area contributed by atoms with Crippen molar-refractivity contribution < 1.29 is 9.00 Å². The van der Waals surface area contributed by atoms with Gasteiger partial charge in [0.1, 0.15) is 11.3 Å². The minimum absolute atomic E-state index is 0.106. The van der Waals surface area contributed by atoms with Gasteiger partial charge in [-0.25, -0.2) is 4.98 Å². The highest BCUT2D eigenvalue weighted by atomic mass is 35.5. The van der Waals surface area contributed by atoms with Crippen molar-refractivity contribution in [2.75, 3.05) is 24.6 Å². The Kier molecular flexibility index (Phi) is 4.73. The molecule has 1 aliphatic heterocycles. The number of carbonyl (C=O) groups excluding carboxylic acids is 1. The molecule has 0 unspecified atom stereocenters. The standard InChI is InChI=1S/C18H15Cl2N3O2S/c19-14-4-3-13(11-15(14)20)23-16(10-12-2-1-5-21-17(12)23)18(24)22-6-8-26(25)9-7-22/h1-5,10-11H,6-9H2. The predicted molar refractivity (Wildman–Crippen MR) is 105 cm³/mol. The molecule has 0 atom stereocenters. The molecule has 3 heterocycles. The second kappa shape index (κ2) is 7.02. The summed E-state index contributed by atoms with van der Waals surface area (Å²) >= 11 is 12.2. The number of benzene rings is 1. The first-order valence-electron chi connectivity index (χ1n) is 8.11. The lowest BCUT2D eigenvalue weighted by Crippen LogP contribution is -2.42. The van der Waals surface area contributed by atoms with E-state index in [2.05, 4.69) is 4.98 Å². The van der Waals surface area contributed by atoms with Crippen LogP contribution >= 0.6 is 23.2 Å². The monoisotopic (exact) mass is 407 g/mol. The van der Waals surface area contributed by atoms with Crippen LogP contribution in [0.15, 0.2) is 42.6 Å². The van der Waals surface area contributed by atoms with E-state index in [0.29, 0.717) is 46.0 Å². The van der Waals surface area contributed by atoms with Gasteiger partial charge in [-0.2, -0.15) is 0 Å². The molecule has 134 valence electrons. The molecule has 1 fully saturated rings. The van der Waals surface area contributed by atoms with Crippen LogP contribution in [0.25, 0.3) is 16.7 Å².